The van der Waals surface area contributed by atoms with Crippen molar-refractivity contribution in [2.45, 2.75) is 52.1 Å². The van der Waals surface area contributed by atoms with Crippen molar-refractivity contribution in [3.8, 4) is 0 Å². The zero-order valence-corrected chi connectivity index (χ0v) is 10.5. The molecule has 0 aromatic rings. The normalized spacial score (nSPS) is 25.8. The summed E-state index contributed by atoms with van der Waals surface area (Å²) in [6, 6.07) is 0. The molecular formula is C13H24N2O. The molecule has 1 atom stereocenters. The quantitative estimate of drug-likeness (QED) is 0.748. The zero-order chi connectivity index (χ0) is 11.5. The highest BCUT2D eigenvalue weighted by Gasteiger charge is 2.30. The molecule has 1 aliphatic heterocycles. The van der Waals surface area contributed by atoms with Crippen LogP contribution in [0.25, 0.3) is 0 Å². The van der Waals surface area contributed by atoms with Crippen LogP contribution < -0.4 is 5.32 Å². The second kappa shape index (κ2) is 5.17. The minimum atomic E-state index is 0.293. The summed E-state index contributed by atoms with van der Waals surface area (Å²) >= 11 is 0. The van der Waals surface area contributed by atoms with Gasteiger partial charge in [0.2, 0.25) is 5.91 Å². The first-order chi connectivity index (χ1) is 7.66. The molecule has 0 aromatic heterocycles. The SMILES string of the molecule is CC(C)CC1NCC(=O)N1CCCC1CC1. The Morgan fingerprint density at radius 3 is 2.81 bits per heavy atom. The molecule has 1 amide bonds. The van der Waals surface area contributed by atoms with E-state index >= 15 is 0 Å². The molecule has 2 fully saturated rings. The summed E-state index contributed by atoms with van der Waals surface area (Å²) in [6.45, 7) is 5.93. The summed E-state index contributed by atoms with van der Waals surface area (Å²) in [5.74, 6) is 1.92. The van der Waals surface area contributed by atoms with Crippen molar-refractivity contribution in [2.24, 2.45) is 11.8 Å². The van der Waals surface area contributed by atoms with Crippen molar-refractivity contribution in [1.82, 2.24) is 10.2 Å². The van der Waals surface area contributed by atoms with Gasteiger partial charge in [-0.05, 0) is 31.1 Å². The van der Waals surface area contributed by atoms with E-state index in [1.165, 1.54) is 25.7 Å². The lowest BCUT2D eigenvalue weighted by Gasteiger charge is -2.25. The van der Waals surface area contributed by atoms with Gasteiger partial charge in [-0.1, -0.05) is 26.7 Å². The minimum absolute atomic E-state index is 0.293. The first-order valence-electron chi connectivity index (χ1n) is 6.69. The highest BCUT2D eigenvalue weighted by Crippen LogP contribution is 2.33. The first kappa shape index (κ1) is 11.9. The highest BCUT2D eigenvalue weighted by atomic mass is 16.2. The van der Waals surface area contributed by atoms with E-state index in [-0.39, 0.29) is 0 Å². The molecule has 1 saturated carbocycles. The second-order valence-corrected chi connectivity index (χ2v) is 5.70. The monoisotopic (exact) mass is 224 g/mol. The van der Waals surface area contributed by atoms with Gasteiger partial charge < -0.3 is 4.90 Å². The lowest BCUT2D eigenvalue weighted by molar-refractivity contribution is -0.128. The zero-order valence-electron chi connectivity index (χ0n) is 10.5. The van der Waals surface area contributed by atoms with Gasteiger partial charge in [0.25, 0.3) is 0 Å². The summed E-state index contributed by atoms with van der Waals surface area (Å²) in [5, 5.41) is 3.32. The maximum absolute atomic E-state index is 11.7. The number of hydrogen-bond acceptors (Lipinski definition) is 2. The van der Waals surface area contributed by atoms with Crippen LogP contribution in [0.1, 0.15) is 46.0 Å². The van der Waals surface area contributed by atoms with Gasteiger partial charge in [0.15, 0.2) is 0 Å². The van der Waals surface area contributed by atoms with Crippen LogP contribution >= 0.6 is 0 Å². The van der Waals surface area contributed by atoms with Gasteiger partial charge in [-0.3, -0.25) is 10.1 Å². The van der Waals surface area contributed by atoms with Crippen molar-refractivity contribution < 1.29 is 4.79 Å². The summed E-state index contributed by atoms with van der Waals surface area (Å²) in [4.78, 5) is 13.8. The number of amides is 1. The molecule has 1 unspecified atom stereocenters. The second-order valence-electron chi connectivity index (χ2n) is 5.70. The fraction of sp³-hybridized carbons (Fsp3) is 0.923. The number of rotatable bonds is 6. The van der Waals surface area contributed by atoms with Crippen molar-refractivity contribution in [3.05, 3.63) is 0 Å². The van der Waals surface area contributed by atoms with Crippen LogP contribution in [-0.4, -0.2) is 30.1 Å². The van der Waals surface area contributed by atoms with Crippen molar-refractivity contribution >= 4 is 5.91 Å². The molecule has 16 heavy (non-hydrogen) atoms. The molecule has 1 saturated heterocycles. The maximum Gasteiger partial charge on any atom is 0.237 e. The molecular weight excluding hydrogens is 200 g/mol. The topological polar surface area (TPSA) is 32.3 Å². The number of hydrogen-bond donors (Lipinski definition) is 1. The molecule has 0 bridgehead atoms. The summed E-state index contributed by atoms with van der Waals surface area (Å²) in [7, 11) is 0. The number of nitrogens with zero attached hydrogens (tertiary/aromatic N) is 1. The van der Waals surface area contributed by atoms with Crippen LogP contribution in [-0.2, 0) is 4.79 Å². The molecule has 0 spiro atoms. The van der Waals surface area contributed by atoms with E-state index in [2.05, 4.69) is 24.1 Å². The molecule has 92 valence electrons. The Labute approximate surface area is 98.6 Å². The van der Waals surface area contributed by atoms with Crippen LogP contribution in [0.15, 0.2) is 0 Å². The maximum atomic E-state index is 11.7. The van der Waals surface area contributed by atoms with E-state index in [0.29, 0.717) is 24.5 Å². The molecule has 1 heterocycles. The third-order valence-electron chi connectivity index (χ3n) is 3.59. The van der Waals surface area contributed by atoms with Crippen LogP contribution in [0.4, 0.5) is 0 Å². The lowest BCUT2D eigenvalue weighted by Crippen LogP contribution is -2.39. The Kier molecular flexibility index (Phi) is 3.85. The van der Waals surface area contributed by atoms with E-state index in [9.17, 15) is 4.79 Å². The third-order valence-corrected chi connectivity index (χ3v) is 3.59. The average molecular weight is 224 g/mol. The van der Waals surface area contributed by atoms with Gasteiger partial charge in [-0.15, -0.1) is 0 Å². The Hall–Kier alpha value is -0.570. The van der Waals surface area contributed by atoms with E-state index in [1.807, 2.05) is 0 Å². The van der Waals surface area contributed by atoms with Crippen LogP contribution in [0.2, 0.25) is 0 Å². The average Bonchev–Trinajstić information content (AvgIpc) is 2.97. The predicted molar refractivity (Wildman–Crippen MR) is 64.9 cm³/mol. The number of carbonyl (C=O) groups excluding carboxylic acids is 1. The molecule has 1 N–H and O–H groups in total. The largest absolute Gasteiger partial charge is 0.326 e. The van der Waals surface area contributed by atoms with Gasteiger partial charge in [-0.2, -0.15) is 0 Å². The van der Waals surface area contributed by atoms with Gasteiger partial charge in [-0.25, -0.2) is 0 Å². The molecule has 0 aromatic carbocycles. The fourth-order valence-corrected chi connectivity index (χ4v) is 2.49. The number of carbonyl (C=O) groups is 1. The predicted octanol–water partition coefficient (Wildman–Crippen LogP) is 1.98. The van der Waals surface area contributed by atoms with Crippen LogP contribution in [0, 0.1) is 11.8 Å². The van der Waals surface area contributed by atoms with Gasteiger partial charge in [0.1, 0.15) is 0 Å². The van der Waals surface area contributed by atoms with E-state index < -0.39 is 0 Å². The molecule has 3 nitrogen and oxygen atoms in total. The van der Waals surface area contributed by atoms with E-state index in [4.69, 9.17) is 0 Å². The molecule has 1 aliphatic carbocycles. The van der Waals surface area contributed by atoms with Gasteiger partial charge in [0.05, 0.1) is 12.7 Å². The molecule has 2 rings (SSSR count). The van der Waals surface area contributed by atoms with Crippen LogP contribution in [0.3, 0.4) is 0 Å². The Morgan fingerprint density at radius 2 is 2.19 bits per heavy atom. The van der Waals surface area contributed by atoms with E-state index in [1.54, 1.807) is 0 Å². The first-order valence-corrected chi connectivity index (χ1v) is 6.69. The lowest BCUT2D eigenvalue weighted by atomic mass is 10.1. The summed E-state index contributed by atoms with van der Waals surface area (Å²) in [5.41, 5.74) is 0. The standard InChI is InChI=1S/C13H24N2O/c1-10(2)8-12-14-9-13(16)15(12)7-3-4-11-5-6-11/h10-12,14H,3-9H2,1-2H3. The highest BCUT2D eigenvalue weighted by molar-refractivity contribution is 5.80. The smallest absolute Gasteiger partial charge is 0.237 e. The Morgan fingerprint density at radius 1 is 1.44 bits per heavy atom. The van der Waals surface area contributed by atoms with E-state index in [0.717, 1.165) is 18.9 Å². The Bertz CT molecular complexity index is 248. The van der Waals surface area contributed by atoms with Crippen molar-refractivity contribution in [3.63, 3.8) is 0 Å². The fourth-order valence-electron chi connectivity index (χ4n) is 2.49. The Balaban J connectivity index is 1.75. The molecule has 2 aliphatic rings. The third kappa shape index (κ3) is 3.21. The molecule has 3 heteroatoms. The number of nitrogens with one attached hydrogen (secondary N) is 1. The van der Waals surface area contributed by atoms with Gasteiger partial charge >= 0.3 is 0 Å². The van der Waals surface area contributed by atoms with Crippen molar-refractivity contribution in [1.29, 1.82) is 0 Å². The summed E-state index contributed by atoms with van der Waals surface area (Å²) in [6.07, 6.45) is 6.72. The van der Waals surface area contributed by atoms with Crippen LogP contribution in [0.5, 0.6) is 0 Å². The van der Waals surface area contributed by atoms with Crippen molar-refractivity contribution in [2.75, 3.05) is 13.1 Å². The minimum Gasteiger partial charge on any atom is -0.326 e. The van der Waals surface area contributed by atoms with Gasteiger partial charge in [0, 0.05) is 6.54 Å². The summed E-state index contributed by atoms with van der Waals surface area (Å²) < 4.78 is 0. The molecule has 0 radical (unpaired) electrons.